The number of hydrogen-bond acceptors (Lipinski definition) is 5. The lowest BCUT2D eigenvalue weighted by atomic mass is 10.2. The maximum atomic E-state index is 12.2. The molecule has 0 radical (unpaired) electrons. The molecule has 0 fully saturated rings. The van der Waals surface area contributed by atoms with Crippen LogP contribution in [0.3, 0.4) is 0 Å². The molecule has 2 aromatic carbocycles. The number of carbonyl (C=O) groups excluding carboxylic acids is 1. The molecule has 0 aliphatic carbocycles. The van der Waals surface area contributed by atoms with Crippen molar-refractivity contribution in [1.29, 1.82) is 0 Å². The van der Waals surface area contributed by atoms with Crippen molar-refractivity contribution in [3.05, 3.63) is 52.5 Å². The third-order valence-electron chi connectivity index (χ3n) is 3.25. The minimum absolute atomic E-state index is 0.158. The highest BCUT2D eigenvalue weighted by atomic mass is 79.9. The van der Waals surface area contributed by atoms with Gasteiger partial charge in [-0.05, 0) is 43.4 Å². The minimum atomic E-state index is -3.51. The zero-order chi connectivity index (χ0) is 17.3. The molecule has 0 spiro atoms. The van der Waals surface area contributed by atoms with Crippen LogP contribution in [0.15, 0.2) is 51.8 Å². The molecule has 0 aliphatic heterocycles. The van der Waals surface area contributed by atoms with E-state index in [1.54, 1.807) is 24.3 Å². The maximum absolute atomic E-state index is 12.2. The number of hydrogen-bond donors (Lipinski definition) is 2. The molecule has 1 heterocycles. The van der Waals surface area contributed by atoms with Crippen LogP contribution in [-0.2, 0) is 10.0 Å². The summed E-state index contributed by atoms with van der Waals surface area (Å²) in [6.07, 6.45) is 0. The number of benzene rings is 2. The van der Waals surface area contributed by atoms with Gasteiger partial charge in [-0.1, -0.05) is 33.3 Å². The Labute approximate surface area is 151 Å². The molecule has 1 aromatic heterocycles. The van der Waals surface area contributed by atoms with Gasteiger partial charge in [-0.15, -0.1) is 0 Å². The molecule has 3 aromatic rings. The standard InChI is InChI=1S/C15H12BrN3O3S2/c1-17-24(21,22)11-5-6-12-13(8-11)23-15(18-12)19-14(20)9-3-2-4-10(16)7-9/h2-8,17H,1H3,(H,18,19,20). The van der Waals surface area contributed by atoms with Crippen LogP contribution in [0, 0.1) is 0 Å². The lowest BCUT2D eigenvalue weighted by Gasteiger charge is -2.01. The number of carbonyl (C=O) groups is 1. The van der Waals surface area contributed by atoms with E-state index in [-0.39, 0.29) is 10.8 Å². The van der Waals surface area contributed by atoms with Gasteiger partial charge in [0.2, 0.25) is 10.0 Å². The Kier molecular flexibility index (Phi) is 4.68. The van der Waals surface area contributed by atoms with Crippen molar-refractivity contribution in [1.82, 2.24) is 9.71 Å². The third-order valence-corrected chi connectivity index (χ3v) is 6.09. The van der Waals surface area contributed by atoms with Crippen LogP contribution >= 0.6 is 27.3 Å². The minimum Gasteiger partial charge on any atom is -0.298 e. The van der Waals surface area contributed by atoms with Crippen LogP contribution in [0.1, 0.15) is 10.4 Å². The largest absolute Gasteiger partial charge is 0.298 e. The summed E-state index contributed by atoms with van der Waals surface area (Å²) >= 11 is 4.54. The number of halogens is 1. The number of aromatic nitrogens is 1. The van der Waals surface area contributed by atoms with E-state index >= 15 is 0 Å². The molecule has 0 aliphatic rings. The first kappa shape index (κ1) is 17.0. The molecule has 9 heteroatoms. The van der Waals surface area contributed by atoms with Crippen LogP contribution in [0.25, 0.3) is 10.2 Å². The maximum Gasteiger partial charge on any atom is 0.257 e. The van der Waals surface area contributed by atoms with Gasteiger partial charge in [0.05, 0.1) is 15.1 Å². The lowest BCUT2D eigenvalue weighted by Crippen LogP contribution is -2.18. The second-order valence-electron chi connectivity index (χ2n) is 4.82. The van der Waals surface area contributed by atoms with Crippen molar-refractivity contribution < 1.29 is 13.2 Å². The number of anilines is 1. The number of thiazole rings is 1. The zero-order valence-electron chi connectivity index (χ0n) is 12.4. The summed E-state index contributed by atoms with van der Waals surface area (Å²) < 4.78 is 27.4. The molecule has 124 valence electrons. The monoisotopic (exact) mass is 425 g/mol. The van der Waals surface area contributed by atoms with Crippen molar-refractivity contribution in [3.8, 4) is 0 Å². The van der Waals surface area contributed by atoms with E-state index in [0.29, 0.717) is 20.9 Å². The average Bonchev–Trinajstić information content (AvgIpc) is 2.96. The summed E-state index contributed by atoms with van der Waals surface area (Å²) in [5.41, 5.74) is 1.13. The van der Waals surface area contributed by atoms with E-state index in [2.05, 4.69) is 31.0 Å². The van der Waals surface area contributed by atoms with E-state index in [1.165, 1.54) is 30.5 Å². The summed E-state index contributed by atoms with van der Waals surface area (Å²) in [5.74, 6) is -0.279. The molecule has 3 rings (SSSR count). The van der Waals surface area contributed by atoms with Crippen LogP contribution in [0.5, 0.6) is 0 Å². The van der Waals surface area contributed by atoms with Gasteiger partial charge in [0.15, 0.2) is 5.13 Å². The Morgan fingerprint density at radius 2 is 2.00 bits per heavy atom. The van der Waals surface area contributed by atoms with Gasteiger partial charge in [-0.2, -0.15) is 0 Å². The van der Waals surface area contributed by atoms with Crippen LogP contribution < -0.4 is 10.0 Å². The predicted octanol–water partition coefficient (Wildman–Crippen LogP) is 3.22. The van der Waals surface area contributed by atoms with Gasteiger partial charge in [0.1, 0.15) is 0 Å². The molecular weight excluding hydrogens is 414 g/mol. The summed E-state index contributed by atoms with van der Waals surface area (Å²) in [4.78, 5) is 16.7. The highest BCUT2D eigenvalue weighted by Gasteiger charge is 2.15. The van der Waals surface area contributed by atoms with E-state index in [0.717, 1.165) is 4.47 Å². The fourth-order valence-corrected chi connectivity index (χ4v) is 4.17. The summed E-state index contributed by atoms with van der Waals surface area (Å²) in [7, 11) is -2.16. The van der Waals surface area contributed by atoms with Crippen LogP contribution in [0.2, 0.25) is 0 Å². The van der Waals surface area contributed by atoms with Crippen LogP contribution in [-0.4, -0.2) is 26.4 Å². The first-order valence-corrected chi connectivity index (χ1v) is 9.89. The smallest absolute Gasteiger partial charge is 0.257 e. The number of rotatable bonds is 4. The number of sulfonamides is 1. The number of amides is 1. The molecular formula is C15H12BrN3O3S2. The van der Waals surface area contributed by atoms with Gasteiger partial charge in [0.25, 0.3) is 5.91 Å². The highest BCUT2D eigenvalue weighted by Crippen LogP contribution is 2.28. The molecule has 24 heavy (non-hydrogen) atoms. The van der Waals surface area contributed by atoms with Gasteiger partial charge >= 0.3 is 0 Å². The van der Waals surface area contributed by atoms with Crippen molar-refractivity contribution in [2.45, 2.75) is 4.90 Å². The van der Waals surface area contributed by atoms with Crippen molar-refractivity contribution >= 4 is 58.5 Å². The third kappa shape index (κ3) is 3.48. The Hall–Kier alpha value is -1.81. The van der Waals surface area contributed by atoms with Crippen molar-refractivity contribution in [2.24, 2.45) is 0 Å². The summed E-state index contributed by atoms with van der Waals surface area (Å²) in [6.45, 7) is 0. The zero-order valence-corrected chi connectivity index (χ0v) is 15.6. The molecule has 0 bridgehead atoms. The van der Waals surface area contributed by atoms with E-state index in [4.69, 9.17) is 0 Å². The molecule has 0 atom stereocenters. The highest BCUT2D eigenvalue weighted by molar-refractivity contribution is 9.10. The first-order valence-electron chi connectivity index (χ1n) is 6.80. The van der Waals surface area contributed by atoms with Gasteiger partial charge in [-0.25, -0.2) is 18.1 Å². The van der Waals surface area contributed by atoms with E-state index < -0.39 is 10.0 Å². The molecule has 0 unspecified atom stereocenters. The molecule has 1 amide bonds. The number of nitrogens with zero attached hydrogens (tertiary/aromatic N) is 1. The van der Waals surface area contributed by atoms with Crippen molar-refractivity contribution in [3.63, 3.8) is 0 Å². The lowest BCUT2D eigenvalue weighted by molar-refractivity contribution is 0.102. The van der Waals surface area contributed by atoms with Crippen molar-refractivity contribution in [2.75, 3.05) is 12.4 Å². The second-order valence-corrected chi connectivity index (χ2v) is 8.65. The molecule has 0 saturated carbocycles. The first-order chi connectivity index (χ1) is 11.4. The Bertz CT molecular complexity index is 1030. The SMILES string of the molecule is CNS(=O)(=O)c1ccc2nc(NC(=O)c3cccc(Br)c3)sc2c1. The fraction of sp³-hybridized carbons (Fsp3) is 0.0667. The number of nitrogens with one attached hydrogen (secondary N) is 2. The van der Waals surface area contributed by atoms with Crippen LogP contribution in [0.4, 0.5) is 5.13 Å². The predicted molar refractivity (Wildman–Crippen MR) is 98.0 cm³/mol. The fourth-order valence-electron chi connectivity index (χ4n) is 2.04. The molecule has 0 saturated heterocycles. The number of fused-ring (bicyclic) bond motifs is 1. The van der Waals surface area contributed by atoms with Gasteiger partial charge < -0.3 is 0 Å². The van der Waals surface area contributed by atoms with Gasteiger partial charge in [0, 0.05) is 10.0 Å². The Balaban J connectivity index is 1.90. The molecule has 2 N–H and O–H groups in total. The normalized spacial score (nSPS) is 11.6. The Morgan fingerprint density at radius 1 is 1.21 bits per heavy atom. The summed E-state index contributed by atoms with van der Waals surface area (Å²) in [5, 5.41) is 3.14. The average molecular weight is 426 g/mol. The quantitative estimate of drug-likeness (QED) is 0.671. The molecule has 6 nitrogen and oxygen atoms in total. The van der Waals surface area contributed by atoms with E-state index in [9.17, 15) is 13.2 Å². The second kappa shape index (κ2) is 6.60. The summed E-state index contributed by atoms with van der Waals surface area (Å²) in [6, 6.07) is 11.6. The van der Waals surface area contributed by atoms with Gasteiger partial charge in [-0.3, -0.25) is 10.1 Å². The van der Waals surface area contributed by atoms with E-state index in [1.807, 2.05) is 6.07 Å². The Morgan fingerprint density at radius 3 is 2.71 bits per heavy atom. The topological polar surface area (TPSA) is 88.2 Å².